The van der Waals surface area contributed by atoms with Crippen LogP contribution in [0.25, 0.3) is 10.8 Å². The lowest BCUT2D eigenvalue weighted by Crippen LogP contribution is -1.97. The Morgan fingerprint density at radius 1 is 1.64 bits per heavy atom. The Hall–Kier alpha value is -1.40. The molecule has 0 aromatic carbocycles. The number of hydrogen-bond donors (Lipinski definition) is 1. The van der Waals surface area contributed by atoms with E-state index in [4.69, 9.17) is 15.0 Å². The Morgan fingerprint density at radius 3 is 3.07 bits per heavy atom. The van der Waals surface area contributed by atoms with E-state index in [1.807, 2.05) is 11.4 Å². The second-order valence-electron chi connectivity index (χ2n) is 2.57. The standard InChI is InChI=1S/C8H9N3O2S/c1-12-5-2-6(14-4-5)8-10-7(3-9)11-13-8/h2,4H,3,9H2,1H3. The smallest absolute Gasteiger partial charge is 0.268 e. The molecule has 0 atom stereocenters. The minimum absolute atomic E-state index is 0.284. The van der Waals surface area contributed by atoms with E-state index in [9.17, 15) is 0 Å². The van der Waals surface area contributed by atoms with Crippen LogP contribution in [0.1, 0.15) is 5.82 Å². The van der Waals surface area contributed by atoms with Gasteiger partial charge in [-0.05, 0) is 0 Å². The highest BCUT2D eigenvalue weighted by atomic mass is 32.1. The molecule has 0 saturated heterocycles. The van der Waals surface area contributed by atoms with Gasteiger partial charge in [0.2, 0.25) is 0 Å². The Bertz CT molecular complexity index is 383. The molecule has 0 aliphatic carbocycles. The molecule has 0 aliphatic rings. The molecule has 5 nitrogen and oxygen atoms in total. The molecule has 6 heteroatoms. The number of rotatable bonds is 3. The van der Waals surface area contributed by atoms with Gasteiger partial charge in [0.15, 0.2) is 5.82 Å². The van der Waals surface area contributed by atoms with Crippen LogP contribution in [0.5, 0.6) is 5.75 Å². The first-order chi connectivity index (χ1) is 6.83. The average Bonchev–Trinajstić information content (AvgIpc) is 2.86. The number of thiophene rings is 1. The number of hydrogen-bond acceptors (Lipinski definition) is 6. The van der Waals surface area contributed by atoms with Crippen LogP contribution < -0.4 is 10.5 Å². The van der Waals surface area contributed by atoms with Gasteiger partial charge in [-0.3, -0.25) is 0 Å². The van der Waals surface area contributed by atoms with Crippen molar-refractivity contribution in [2.24, 2.45) is 5.73 Å². The van der Waals surface area contributed by atoms with Crippen molar-refractivity contribution in [2.75, 3.05) is 7.11 Å². The van der Waals surface area contributed by atoms with E-state index in [0.717, 1.165) is 10.6 Å². The van der Waals surface area contributed by atoms with Crippen molar-refractivity contribution in [3.63, 3.8) is 0 Å². The van der Waals surface area contributed by atoms with Crippen molar-refractivity contribution < 1.29 is 9.26 Å². The third-order valence-electron chi connectivity index (χ3n) is 1.67. The first-order valence-corrected chi connectivity index (χ1v) is 4.87. The fourth-order valence-corrected chi connectivity index (χ4v) is 1.75. The van der Waals surface area contributed by atoms with Crippen molar-refractivity contribution in [3.8, 4) is 16.5 Å². The van der Waals surface area contributed by atoms with Gasteiger partial charge in [0.05, 0.1) is 18.5 Å². The lowest BCUT2D eigenvalue weighted by atomic mass is 10.4. The molecule has 0 unspecified atom stereocenters. The topological polar surface area (TPSA) is 74.2 Å². The van der Waals surface area contributed by atoms with Crippen LogP contribution in [-0.2, 0) is 6.54 Å². The van der Waals surface area contributed by atoms with E-state index in [-0.39, 0.29) is 6.54 Å². The zero-order chi connectivity index (χ0) is 9.97. The summed E-state index contributed by atoms with van der Waals surface area (Å²) in [6.07, 6.45) is 0. The molecule has 0 saturated carbocycles. The van der Waals surface area contributed by atoms with Crippen molar-refractivity contribution in [3.05, 3.63) is 17.3 Å². The summed E-state index contributed by atoms with van der Waals surface area (Å²) in [4.78, 5) is 4.98. The fraction of sp³-hybridized carbons (Fsp3) is 0.250. The molecule has 0 amide bonds. The van der Waals surface area contributed by atoms with Gasteiger partial charge in [-0.2, -0.15) is 4.98 Å². The summed E-state index contributed by atoms with van der Waals surface area (Å²) in [5, 5.41) is 5.58. The molecule has 14 heavy (non-hydrogen) atoms. The van der Waals surface area contributed by atoms with Gasteiger partial charge in [0, 0.05) is 11.4 Å². The number of methoxy groups -OCH3 is 1. The van der Waals surface area contributed by atoms with Gasteiger partial charge in [-0.1, -0.05) is 5.16 Å². The maximum Gasteiger partial charge on any atom is 0.268 e. The zero-order valence-corrected chi connectivity index (χ0v) is 8.37. The Kier molecular flexibility index (Phi) is 2.47. The number of nitrogens with two attached hydrogens (primary N) is 1. The lowest BCUT2D eigenvalue weighted by molar-refractivity contribution is 0.415. The van der Waals surface area contributed by atoms with Gasteiger partial charge in [0.1, 0.15) is 5.75 Å². The molecule has 2 heterocycles. The van der Waals surface area contributed by atoms with Crippen LogP contribution in [0.2, 0.25) is 0 Å². The molecule has 0 spiro atoms. The predicted octanol–water partition coefficient (Wildman–Crippen LogP) is 1.27. The molecule has 2 N–H and O–H groups in total. The summed E-state index contributed by atoms with van der Waals surface area (Å²) < 4.78 is 10.1. The fourth-order valence-electron chi connectivity index (χ4n) is 0.975. The van der Waals surface area contributed by atoms with Gasteiger partial charge < -0.3 is 15.0 Å². The highest BCUT2D eigenvalue weighted by Crippen LogP contribution is 2.29. The van der Waals surface area contributed by atoms with E-state index in [1.54, 1.807) is 7.11 Å². The lowest BCUT2D eigenvalue weighted by Gasteiger charge is -1.88. The van der Waals surface area contributed by atoms with Crippen LogP contribution in [-0.4, -0.2) is 17.3 Å². The van der Waals surface area contributed by atoms with Crippen LogP contribution >= 0.6 is 11.3 Å². The Labute approximate surface area is 84.5 Å². The quantitative estimate of drug-likeness (QED) is 0.827. The van der Waals surface area contributed by atoms with Gasteiger partial charge in [-0.25, -0.2) is 0 Å². The van der Waals surface area contributed by atoms with Gasteiger partial charge in [0.25, 0.3) is 5.89 Å². The maximum atomic E-state index is 5.37. The molecule has 74 valence electrons. The minimum atomic E-state index is 0.284. The number of ether oxygens (including phenoxy) is 1. The van der Waals surface area contributed by atoms with Gasteiger partial charge in [-0.15, -0.1) is 11.3 Å². The van der Waals surface area contributed by atoms with E-state index in [1.165, 1.54) is 11.3 Å². The molecule has 0 aliphatic heterocycles. The van der Waals surface area contributed by atoms with E-state index < -0.39 is 0 Å². The summed E-state index contributed by atoms with van der Waals surface area (Å²) in [6, 6.07) is 1.85. The molecule has 0 bridgehead atoms. The molecular formula is C8H9N3O2S. The van der Waals surface area contributed by atoms with E-state index >= 15 is 0 Å². The Morgan fingerprint density at radius 2 is 2.50 bits per heavy atom. The second kappa shape index (κ2) is 3.77. The average molecular weight is 211 g/mol. The first kappa shape index (κ1) is 9.17. The maximum absolute atomic E-state index is 5.37. The predicted molar refractivity (Wildman–Crippen MR) is 52.1 cm³/mol. The second-order valence-corrected chi connectivity index (χ2v) is 3.48. The summed E-state index contributed by atoms with van der Waals surface area (Å²) >= 11 is 1.49. The van der Waals surface area contributed by atoms with Crippen molar-refractivity contribution in [1.29, 1.82) is 0 Å². The van der Waals surface area contributed by atoms with Crippen LogP contribution in [0.15, 0.2) is 16.0 Å². The zero-order valence-electron chi connectivity index (χ0n) is 7.56. The normalized spacial score (nSPS) is 10.4. The third kappa shape index (κ3) is 1.61. The van der Waals surface area contributed by atoms with E-state index in [2.05, 4.69) is 10.1 Å². The van der Waals surface area contributed by atoms with E-state index in [0.29, 0.717) is 11.7 Å². The number of aromatic nitrogens is 2. The third-order valence-corrected chi connectivity index (χ3v) is 2.57. The SMILES string of the molecule is COc1csc(-c2nc(CN)no2)c1. The van der Waals surface area contributed by atoms with Crippen molar-refractivity contribution in [1.82, 2.24) is 10.1 Å². The summed E-state index contributed by atoms with van der Waals surface area (Å²) in [5.41, 5.74) is 5.37. The van der Waals surface area contributed by atoms with Gasteiger partial charge >= 0.3 is 0 Å². The first-order valence-electron chi connectivity index (χ1n) is 3.99. The van der Waals surface area contributed by atoms with Crippen LogP contribution in [0.3, 0.4) is 0 Å². The molecule has 0 fully saturated rings. The minimum Gasteiger partial charge on any atom is -0.496 e. The molecule has 0 radical (unpaired) electrons. The van der Waals surface area contributed by atoms with Crippen LogP contribution in [0, 0.1) is 0 Å². The highest BCUT2D eigenvalue weighted by Gasteiger charge is 2.10. The molecule has 2 aromatic heterocycles. The van der Waals surface area contributed by atoms with Crippen molar-refractivity contribution in [2.45, 2.75) is 6.54 Å². The highest BCUT2D eigenvalue weighted by molar-refractivity contribution is 7.13. The largest absolute Gasteiger partial charge is 0.496 e. The molecular weight excluding hydrogens is 202 g/mol. The molecule has 2 rings (SSSR count). The summed E-state index contributed by atoms with van der Waals surface area (Å²) in [7, 11) is 1.62. The molecule has 2 aromatic rings. The summed E-state index contributed by atoms with van der Waals surface area (Å²) in [6.45, 7) is 0.284. The Balaban J connectivity index is 2.29. The number of nitrogens with zero attached hydrogens (tertiary/aromatic N) is 2. The summed E-state index contributed by atoms with van der Waals surface area (Å²) in [5.74, 6) is 1.78. The monoisotopic (exact) mass is 211 g/mol. The van der Waals surface area contributed by atoms with Crippen LogP contribution in [0.4, 0.5) is 0 Å². The van der Waals surface area contributed by atoms with Crippen molar-refractivity contribution >= 4 is 11.3 Å².